The molecule has 0 saturated carbocycles. The molecule has 0 aliphatic heterocycles. The van der Waals surface area contributed by atoms with E-state index >= 15 is 0 Å². The molecule has 0 amide bonds. The molecule has 0 radical (unpaired) electrons. The van der Waals surface area contributed by atoms with E-state index in [0.717, 1.165) is 36.6 Å². The molecule has 0 fully saturated rings. The lowest BCUT2D eigenvalue weighted by molar-refractivity contribution is 0.293. The van der Waals surface area contributed by atoms with Crippen molar-refractivity contribution in [3.05, 3.63) is 59.8 Å². The van der Waals surface area contributed by atoms with Crippen LogP contribution in [-0.2, 0) is 13.2 Å². The number of hydrogen-bond acceptors (Lipinski definition) is 3. The summed E-state index contributed by atoms with van der Waals surface area (Å²) in [4.78, 5) is 8.86. The average molecular weight is 326 g/mol. The Morgan fingerprint density at radius 1 is 1.08 bits per heavy atom. The van der Waals surface area contributed by atoms with Gasteiger partial charge in [0.25, 0.3) is 0 Å². The van der Waals surface area contributed by atoms with Crippen molar-refractivity contribution in [2.45, 2.75) is 33.4 Å². The first-order chi connectivity index (χ1) is 11.8. The van der Waals surface area contributed by atoms with Crippen LogP contribution in [0.2, 0.25) is 0 Å². The summed E-state index contributed by atoms with van der Waals surface area (Å²) in [5.74, 6) is 1.46. The Hall–Kier alpha value is -2.56. The molecule has 0 bridgehead atoms. The lowest BCUT2D eigenvalue weighted by atomic mass is 10.2. The van der Waals surface area contributed by atoms with Crippen LogP contribution in [0.4, 0.5) is 0 Å². The summed E-state index contributed by atoms with van der Waals surface area (Å²) in [6, 6.07) is 14.0. The van der Waals surface area contributed by atoms with Crippen molar-refractivity contribution in [3.8, 4) is 5.88 Å². The molecule has 2 N–H and O–H groups in total. The number of aromatic nitrogens is 1. The number of hydrogen-bond donors (Lipinski definition) is 2. The van der Waals surface area contributed by atoms with E-state index in [4.69, 9.17) is 4.74 Å². The summed E-state index contributed by atoms with van der Waals surface area (Å²) in [7, 11) is 0. The van der Waals surface area contributed by atoms with Gasteiger partial charge >= 0.3 is 0 Å². The maximum absolute atomic E-state index is 5.76. The van der Waals surface area contributed by atoms with Crippen molar-refractivity contribution in [3.63, 3.8) is 0 Å². The molecule has 5 nitrogen and oxygen atoms in total. The second-order valence-electron chi connectivity index (χ2n) is 5.40. The van der Waals surface area contributed by atoms with Gasteiger partial charge in [0.15, 0.2) is 5.96 Å². The summed E-state index contributed by atoms with van der Waals surface area (Å²) in [5.41, 5.74) is 2.20. The maximum Gasteiger partial charge on any atom is 0.213 e. The minimum absolute atomic E-state index is 0.515. The van der Waals surface area contributed by atoms with E-state index < -0.39 is 0 Å². The van der Waals surface area contributed by atoms with Crippen molar-refractivity contribution < 1.29 is 4.74 Å². The van der Waals surface area contributed by atoms with Crippen molar-refractivity contribution in [1.29, 1.82) is 0 Å². The highest BCUT2D eigenvalue weighted by atomic mass is 16.5. The van der Waals surface area contributed by atoms with E-state index in [0.29, 0.717) is 19.0 Å². The van der Waals surface area contributed by atoms with Gasteiger partial charge in [0.2, 0.25) is 5.88 Å². The second kappa shape index (κ2) is 10.3. The van der Waals surface area contributed by atoms with Crippen molar-refractivity contribution in [1.82, 2.24) is 15.6 Å². The summed E-state index contributed by atoms with van der Waals surface area (Å²) >= 11 is 0. The Kier molecular flexibility index (Phi) is 7.60. The summed E-state index contributed by atoms with van der Waals surface area (Å²) in [6.07, 6.45) is 2.83. The molecular formula is C19H26N4O. The van der Waals surface area contributed by atoms with Crippen molar-refractivity contribution >= 4 is 5.96 Å². The fourth-order valence-electron chi connectivity index (χ4n) is 2.11. The van der Waals surface area contributed by atoms with Gasteiger partial charge in [0, 0.05) is 25.4 Å². The van der Waals surface area contributed by atoms with Gasteiger partial charge in [-0.25, -0.2) is 9.98 Å². The molecule has 0 saturated heterocycles. The van der Waals surface area contributed by atoms with Crippen molar-refractivity contribution in [2.24, 2.45) is 4.99 Å². The first-order valence-electron chi connectivity index (χ1n) is 8.45. The number of rotatable bonds is 8. The molecule has 128 valence electrons. The van der Waals surface area contributed by atoms with Crippen molar-refractivity contribution in [2.75, 3.05) is 13.1 Å². The Bertz CT molecular complexity index is 628. The number of benzene rings is 1. The van der Waals surface area contributed by atoms with Crippen LogP contribution in [0, 0.1) is 0 Å². The number of guanidine groups is 1. The van der Waals surface area contributed by atoms with Gasteiger partial charge < -0.3 is 15.4 Å². The zero-order valence-electron chi connectivity index (χ0n) is 14.5. The molecular weight excluding hydrogens is 300 g/mol. The monoisotopic (exact) mass is 326 g/mol. The molecule has 0 spiro atoms. The van der Waals surface area contributed by atoms with E-state index in [1.54, 1.807) is 6.20 Å². The van der Waals surface area contributed by atoms with Crippen LogP contribution < -0.4 is 15.4 Å². The Balaban J connectivity index is 1.93. The largest absolute Gasteiger partial charge is 0.473 e. The molecule has 24 heavy (non-hydrogen) atoms. The molecule has 5 heteroatoms. The standard InChI is InChI=1S/C19H26N4O/c1-3-11-22-19(20-4-2)23-14-17-10-12-21-18(13-17)24-15-16-8-6-5-7-9-16/h5-10,12-13H,3-4,11,14-15H2,1-2H3,(H2,20,22,23). The topological polar surface area (TPSA) is 58.5 Å². The maximum atomic E-state index is 5.76. The predicted molar refractivity (Wildman–Crippen MR) is 98.1 cm³/mol. The number of aliphatic imine (C=N–C) groups is 1. The quantitative estimate of drug-likeness (QED) is 0.578. The van der Waals surface area contributed by atoms with Crippen LogP contribution in [0.25, 0.3) is 0 Å². The van der Waals surface area contributed by atoms with Crippen LogP contribution in [0.3, 0.4) is 0 Å². The first kappa shape index (κ1) is 17.8. The molecule has 1 heterocycles. The molecule has 1 aromatic heterocycles. The fourth-order valence-corrected chi connectivity index (χ4v) is 2.11. The molecule has 0 unspecified atom stereocenters. The zero-order chi connectivity index (χ0) is 17.0. The molecule has 0 aliphatic carbocycles. The molecule has 2 aromatic rings. The average Bonchev–Trinajstić information content (AvgIpc) is 2.63. The van der Waals surface area contributed by atoms with E-state index in [-0.39, 0.29) is 0 Å². The van der Waals surface area contributed by atoms with E-state index in [9.17, 15) is 0 Å². The van der Waals surface area contributed by atoms with Crippen LogP contribution in [0.15, 0.2) is 53.7 Å². The van der Waals surface area contributed by atoms with Gasteiger partial charge in [0.05, 0.1) is 6.54 Å². The fraction of sp³-hybridized carbons (Fsp3) is 0.368. The van der Waals surface area contributed by atoms with Crippen LogP contribution in [0.1, 0.15) is 31.4 Å². The lowest BCUT2D eigenvalue weighted by Crippen LogP contribution is -2.37. The third kappa shape index (κ3) is 6.28. The number of nitrogens with zero attached hydrogens (tertiary/aromatic N) is 2. The number of nitrogens with one attached hydrogen (secondary N) is 2. The second-order valence-corrected chi connectivity index (χ2v) is 5.40. The van der Waals surface area contributed by atoms with E-state index in [1.165, 1.54) is 0 Å². The van der Waals surface area contributed by atoms with Gasteiger partial charge in [-0.05, 0) is 30.5 Å². The van der Waals surface area contributed by atoms with Crippen LogP contribution >= 0.6 is 0 Å². The van der Waals surface area contributed by atoms with E-state index in [2.05, 4.69) is 34.5 Å². The summed E-state index contributed by atoms with van der Waals surface area (Å²) < 4.78 is 5.76. The predicted octanol–water partition coefficient (Wildman–Crippen LogP) is 3.13. The third-order valence-corrected chi connectivity index (χ3v) is 3.34. The minimum atomic E-state index is 0.515. The van der Waals surface area contributed by atoms with Gasteiger partial charge in [-0.3, -0.25) is 0 Å². The smallest absolute Gasteiger partial charge is 0.213 e. The van der Waals surface area contributed by atoms with Gasteiger partial charge in [0.1, 0.15) is 6.61 Å². The Labute approximate surface area is 144 Å². The molecule has 0 aliphatic rings. The molecule has 1 aromatic carbocycles. The SMILES string of the molecule is CCCNC(=NCc1ccnc(OCc2ccccc2)c1)NCC. The summed E-state index contributed by atoms with van der Waals surface area (Å²) in [6.45, 7) is 7.05. The molecule has 2 rings (SSSR count). The van der Waals surface area contributed by atoms with Gasteiger partial charge in [-0.2, -0.15) is 0 Å². The van der Waals surface area contributed by atoms with Gasteiger partial charge in [-0.15, -0.1) is 0 Å². The lowest BCUT2D eigenvalue weighted by Gasteiger charge is -2.10. The van der Waals surface area contributed by atoms with Gasteiger partial charge in [-0.1, -0.05) is 37.3 Å². The number of ether oxygens (including phenoxy) is 1. The minimum Gasteiger partial charge on any atom is -0.473 e. The highest BCUT2D eigenvalue weighted by Gasteiger charge is 2.01. The number of pyridine rings is 1. The molecule has 0 atom stereocenters. The Morgan fingerprint density at radius 2 is 1.92 bits per heavy atom. The summed E-state index contributed by atoms with van der Waals surface area (Å²) in [5, 5.41) is 6.53. The normalized spacial score (nSPS) is 11.2. The van der Waals surface area contributed by atoms with E-state index in [1.807, 2.05) is 42.5 Å². The zero-order valence-corrected chi connectivity index (χ0v) is 14.5. The highest BCUT2D eigenvalue weighted by molar-refractivity contribution is 5.79. The highest BCUT2D eigenvalue weighted by Crippen LogP contribution is 2.12. The Morgan fingerprint density at radius 3 is 2.67 bits per heavy atom. The first-order valence-corrected chi connectivity index (χ1v) is 8.45. The van der Waals surface area contributed by atoms with Crippen LogP contribution in [-0.4, -0.2) is 24.0 Å². The van der Waals surface area contributed by atoms with Crippen LogP contribution in [0.5, 0.6) is 5.88 Å². The third-order valence-electron chi connectivity index (χ3n) is 3.34.